The Hall–Kier alpha value is -0.895. The van der Waals surface area contributed by atoms with Gasteiger partial charge in [0.15, 0.2) is 0 Å². The van der Waals surface area contributed by atoms with Crippen LogP contribution in [0, 0.1) is 18.6 Å². The van der Waals surface area contributed by atoms with Crippen LogP contribution in [0.2, 0.25) is 0 Å². The molecule has 1 aromatic carbocycles. The first-order valence-corrected chi connectivity index (χ1v) is 5.18. The van der Waals surface area contributed by atoms with E-state index in [9.17, 15) is 8.78 Å². The number of hydrogen-bond donors (Lipinski definition) is 0. The zero-order valence-corrected chi connectivity index (χ0v) is 8.94. The molecule has 0 radical (unpaired) electrons. The normalized spacial score (nSPS) is 20.9. The Morgan fingerprint density at radius 1 is 1.47 bits per heavy atom. The minimum absolute atomic E-state index is 0.0919. The van der Waals surface area contributed by atoms with Gasteiger partial charge in [-0.05, 0) is 36.9 Å². The van der Waals surface area contributed by atoms with Crippen LogP contribution >= 0.6 is 0 Å². The summed E-state index contributed by atoms with van der Waals surface area (Å²) < 4.78 is 32.4. The van der Waals surface area contributed by atoms with Crippen LogP contribution < -0.4 is 5.46 Å². The van der Waals surface area contributed by atoms with Gasteiger partial charge in [0.25, 0.3) is 0 Å². The summed E-state index contributed by atoms with van der Waals surface area (Å²) in [6.45, 7) is 2.14. The van der Waals surface area contributed by atoms with E-state index in [2.05, 4.69) is 0 Å². The lowest BCUT2D eigenvalue weighted by atomic mass is 9.85. The monoisotopic (exact) mass is 210 g/mol. The van der Waals surface area contributed by atoms with Crippen LogP contribution in [0.1, 0.15) is 30.1 Å². The molecule has 1 aliphatic rings. The average molecular weight is 210 g/mol. The van der Waals surface area contributed by atoms with Gasteiger partial charge in [-0.25, -0.2) is 8.78 Å². The summed E-state index contributed by atoms with van der Waals surface area (Å²) in [5, 5.41) is 0. The number of benzene rings is 1. The van der Waals surface area contributed by atoms with Gasteiger partial charge in [-0.2, -0.15) is 0 Å². The minimum atomic E-state index is -0.483. The Kier molecular flexibility index (Phi) is 2.78. The van der Waals surface area contributed by atoms with Crippen LogP contribution in [-0.4, -0.2) is 14.5 Å². The molecule has 1 aromatic rings. The smallest absolute Gasteiger partial charge is 0.143 e. The molecule has 1 fully saturated rings. The van der Waals surface area contributed by atoms with Crippen molar-refractivity contribution in [1.29, 1.82) is 0 Å². The standard InChI is InChI=1S/C11H13BF2O/c1-6-8(13)5-7(10(12)11(6)14)9-3-2-4-15-9/h5,9H,2-4,12H2,1H3. The van der Waals surface area contributed by atoms with Crippen LogP contribution in [0.3, 0.4) is 0 Å². The topological polar surface area (TPSA) is 9.23 Å². The van der Waals surface area contributed by atoms with Gasteiger partial charge in [-0.3, -0.25) is 0 Å². The van der Waals surface area contributed by atoms with Crippen LogP contribution in [0.4, 0.5) is 8.78 Å². The van der Waals surface area contributed by atoms with Gasteiger partial charge in [0.2, 0.25) is 0 Å². The minimum Gasteiger partial charge on any atom is -0.374 e. The molecule has 1 aliphatic heterocycles. The fourth-order valence-electron chi connectivity index (χ4n) is 2.02. The molecule has 0 amide bonds. The van der Waals surface area contributed by atoms with Gasteiger partial charge in [-0.1, -0.05) is 0 Å². The zero-order valence-electron chi connectivity index (χ0n) is 8.94. The molecule has 15 heavy (non-hydrogen) atoms. The van der Waals surface area contributed by atoms with E-state index < -0.39 is 11.6 Å². The lowest BCUT2D eigenvalue weighted by Crippen LogP contribution is -2.20. The zero-order chi connectivity index (χ0) is 11.0. The summed E-state index contributed by atoms with van der Waals surface area (Å²) >= 11 is 0. The van der Waals surface area contributed by atoms with Gasteiger partial charge < -0.3 is 4.74 Å². The summed E-state index contributed by atoms with van der Waals surface area (Å²) in [7, 11) is 1.68. The van der Waals surface area contributed by atoms with Crippen LogP contribution in [0.25, 0.3) is 0 Å². The molecule has 0 spiro atoms. The molecule has 1 saturated heterocycles. The second-order valence-corrected chi connectivity index (χ2v) is 4.01. The molecule has 0 bridgehead atoms. The third-order valence-electron chi connectivity index (χ3n) is 3.01. The van der Waals surface area contributed by atoms with E-state index in [0.717, 1.165) is 12.8 Å². The first-order valence-electron chi connectivity index (χ1n) is 5.18. The largest absolute Gasteiger partial charge is 0.374 e. The van der Waals surface area contributed by atoms with Crippen LogP contribution in [0.15, 0.2) is 6.07 Å². The number of ether oxygens (including phenoxy) is 1. The fourth-order valence-corrected chi connectivity index (χ4v) is 2.02. The predicted octanol–water partition coefficient (Wildman–Crippen LogP) is 1.38. The third-order valence-corrected chi connectivity index (χ3v) is 3.01. The summed E-state index contributed by atoms with van der Waals surface area (Å²) in [4.78, 5) is 0. The molecule has 2 rings (SSSR count). The van der Waals surface area contributed by atoms with Gasteiger partial charge in [-0.15, -0.1) is 0 Å². The first kappa shape index (κ1) is 10.6. The molecule has 1 atom stereocenters. The maximum absolute atomic E-state index is 13.6. The van der Waals surface area contributed by atoms with Crippen molar-refractivity contribution < 1.29 is 13.5 Å². The summed E-state index contributed by atoms with van der Waals surface area (Å²) in [6, 6.07) is 1.41. The lowest BCUT2D eigenvalue weighted by Gasteiger charge is -2.15. The highest BCUT2D eigenvalue weighted by Gasteiger charge is 2.22. The van der Waals surface area contributed by atoms with Crippen LogP contribution in [0.5, 0.6) is 0 Å². The highest BCUT2D eigenvalue weighted by Crippen LogP contribution is 2.28. The SMILES string of the molecule is Bc1c(C2CCCO2)cc(F)c(C)c1F. The van der Waals surface area contributed by atoms with Crippen molar-refractivity contribution >= 4 is 13.3 Å². The summed E-state index contributed by atoms with van der Waals surface area (Å²) in [5.41, 5.74) is 1.27. The lowest BCUT2D eigenvalue weighted by molar-refractivity contribution is 0.112. The van der Waals surface area contributed by atoms with Gasteiger partial charge in [0, 0.05) is 12.2 Å². The molecule has 0 aliphatic carbocycles. The Morgan fingerprint density at radius 2 is 2.20 bits per heavy atom. The molecule has 1 nitrogen and oxygen atoms in total. The van der Waals surface area contributed by atoms with E-state index in [4.69, 9.17) is 4.74 Å². The van der Waals surface area contributed by atoms with Crippen LogP contribution in [-0.2, 0) is 4.74 Å². The van der Waals surface area contributed by atoms with E-state index >= 15 is 0 Å². The van der Waals surface area contributed by atoms with Crippen molar-refractivity contribution in [3.8, 4) is 0 Å². The predicted molar refractivity (Wildman–Crippen MR) is 57.2 cm³/mol. The Labute approximate surface area is 88.8 Å². The van der Waals surface area contributed by atoms with E-state index in [1.54, 1.807) is 7.85 Å². The second kappa shape index (κ2) is 3.93. The maximum Gasteiger partial charge on any atom is 0.143 e. The molecule has 4 heteroatoms. The molecular weight excluding hydrogens is 197 g/mol. The quantitative estimate of drug-likeness (QED) is 0.636. The first-order chi connectivity index (χ1) is 7.11. The molecule has 1 unspecified atom stereocenters. The molecule has 80 valence electrons. The molecule has 0 N–H and O–H groups in total. The third kappa shape index (κ3) is 1.78. The van der Waals surface area contributed by atoms with E-state index in [1.165, 1.54) is 13.0 Å². The van der Waals surface area contributed by atoms with Crippen molar-refractivity contribution in [3.05, 3.63) is 28.8 Å². The molecule has 0 saturated carbocycles. The van der Waals surface area contributed by atoms with Crippen molar-refractivity contribution in [1.82, 2.24) is 0 Å². The molecule has 1 heterocycles. The number of halogens is 2. The van der Waals surface area contributed by atoms with Gasteiger partial charge in [0.1, 0.15) is 19.5 Å². The fraction of sp³-hybridized carbons (Fsp3) is 0.455. The Balaban J connectivity index is 2.47. The van der Waals surface area contributed by atoms with Crippen molar-refractivity contribution in [3.63, 3.8) is 0 Å². The van der Waals surface area contributed by atoms with E-state index in [1.807, 2.05) is 0 Å². The van der Waals surface area contributed by atoms with Crippen molar-refractivity contribution in [2.24, 2.45) is 0 Å². The number of hydrogen-bond acceptors (Lipinski definition) is 1. The molecular formula is C11H13BF2O. The van der Waals surface area contributed by atoms with Gasteiger partial charge in [0.05, 0.1) is 6.10 Å². The highest BCUT2D eigenvalue weighted by molar-refractivity contribution is 6.33. The van der Waals surface area contributed by atoms with Crippen molar-refractivity contribution in [2.75, 3.05) is 6.61 Å². The Bertz CT molecular complexity index is 387. The Morgan fingerprint density at radius 3 is 2.80 bits per heavy atom. The molecule has 0 aromatic heterocycles. The highest BCUT2D eigenvalue weighted by atomic mass is 19.1. The van der Waals surface area contributed by atoms with Crippen molar-refractivity contribution in [2.45, 2.75) is 25.9 Å². The average Bonchev–Trinajstić information content (AvgIpc) is 2.73. The summed E-state index contributed by atoms with van der Waals surface area (Å²) in [5.74, 6) is -0.927. The summed E-state index contributed by atoms with van der Waals surface area (Å²) in [6.07, 6.45) is 1.68. The second-order valence-electron chi connectivity index (χ2n) is 4.01. The maximum atomic E-state index is 13.6. The van der Waals surface area contributed by atoms with E-state index in [0.29, 0.717) is 17.6 Å². The van der Waals surface area contributed by atoms with Gasteiger partial charge >= 0.3 is 0 Å². The number of rotatable bonds is 1. The van der Waals surface area contributed by atoms with E-state index in [-0.39, 0.29) is 11.7 Å².